The van der Waals surface area contributed by atoms with Crippen molar-refractivity contribution in [3.05, 3.63) is 59.9 Å². The molecule has 1 fully saturated rings. The first-order chi connectivity index (χ1) is 8.92. The van der Waals surface area contributed by atoms with Crippen LogP contribution in [0.1, 0.15) is 30.0 Å². The van der Waals surface area contributed by atoms with Gasteiger partial charge in [0.1, 0.15) is 0 Å². The third-order valence-electron chi connectivity index (χ3n) is 3.61. The standard InChI is InChI=1S/C15H17N3/c1-2-5-12(6-3-1)13-9-15(10-13)16-11-14-7-4-8-17-18-14/h1-8,13,15-16H,9-11H2. The van der Waals surface area contributed by atoms with Crippen molar-refractivity contribution < 1.29 is 0 Å². The molecular weight excluding hydrogens is 222 g/mol. The van der Waals surface area contributed by atoms with Crippen molar-refractivity contribution in [3.8, 4) is 0 Å². The molecule has 3 rings (SSSR count). The van der Waals surface area contributed by atoms with Gasteiger partial charge in [-0.3, -0.25) is 0 Å². The van der Waals surface area contributed by atoms with Gasteiger partial charge in [0, 0.05) is 18.8 Å². The molecule has 3 nitrogen and oxygen atoms in total. The summed E-state index contributed by atoms with van der Waals surface area (Å²) in [7, 11) is 0. The van der Waals surface area contributed by atoms with Crippen LogP contribution in [0.2, 0.25) is 0 Å². The van der Waals surface area contributed by atoms with Crippen molar-refractivity contribution >= 4 is 0 Å². The number of benzene rings is 1. The van der Waals surface area contributed by atoms with Crippen molar-refractivity contribution in [2.45, 2.75) is 31.3 Å². The Balaban J connectivity index is 1.46. The molecule has 0 amide bonds. The second-order valence-corrected chi connectivity index (χ2v) is 4.87. The molecule has 0 aliphatic heterocycles. The first-order valence-corrected chi connectivity index (χ1v) is 6.47. The number of hydrogen-bond donors (Lipinski definition) is 1. The predicted molar refractivity (Wildman–Crippen MR) is 71.1 cm³/mol. The zero-order valence-corrected chi connectivity index (χ0v) is 10.3. The zero-order chi connectivity index (χ0) is 12.2. The lowest BCUT2D eigenvalue weighted by Gasteiger charge is -2.36. The van der Waals surface area contributed by atoms with Crippen molar-refractivity contribution in [2.75, 3.05) is 0 Å². The fourth-order valence-electron chi connectivity index (χ4n) is 2.46. The van der Waals surface area contributed by atoms with Crippen LogP contribution in [0.4, 0.5) is 0 Å². The van der Waals surface area contributed by atoms with Crippen LogP contribution in [0, 0.1) is 0 Å². The van der Waals surface area contributed by atoms with E-state index < -0.39 is 0 Å². The molecule has 1 aliphatic carbocycles. The van der Waals surface area contributed by atoms with Gasteiger partial charge in [0.2, 0.25) is 0 Å². The molecule has 0 saturated heterocycles. The maximum atomic E-state index is 4.07. The highest BCUT2D eigenvalue weighted by Gasteiger charge is 2.29. The van der Waals surface area contributed by atoms with Gasteiger partial charge in [-0.2, -0.15) is 10.2 Å². The van der Waals surface area contributed by atoms with E-state index in [1.54, 1.807) is 6.20 Å². The van der Waals surface area contributed by atoms with Gasteiger partial charge in [-0.25, -0.2) is 0 Å². The van der Waals surface area contributed by atoms with Gasteiger partial charge in [-0.05, 0) is 36.5 Å². The third-order valence-corrected chi connectivity index (χ3v) is 3.61. The van der Waals surface area contributed by atoms with Crippen molar-refractivity contribution in [3.63, 3.8) is 0 Å². The van der Waals surface area contributed by atoms with Gasteiger partial charge < -0.3 is 5.32 Å². The molecule has 2 aromatic rings. The van der Waals surface area contributed by atoms with E-state index in [2.05, 4.69) is 45.8 Å². The molecule has 1 aliphatic rings. The van der Waals surface area contributed by atoms with E-state index in [-0.39, 0.29) is 0 Å². The molecule has 18 heavy (non-hydrogen) atoms. The largest absolute Gasteiger partial charge is 0.308 e. The lowest BCUT2D eigenvalue weighted by molar-refractivity contribution is 0.288. The fraction of sp³-hybridized carbons (Fsp3) is 0.333. The van der Waals surface area contributed by atoms with Crippen molar-refractivity contribution in [1.82, 2.24) is 15.5 Å². The molecule has 1 aromatic carbocycles. The molecular formula is C15H17N3. The first kappa shape index (κ1) is 11.4. The summed E-state index contributed by atoms with van der Waals surface area (Å²) in [6.45, 7) is 0.819. The van der Waals surface area contributed by atoms with Crippen LogP contribution in [0.15, 0.2) is 48.7 Å². The number of hydrogen-bond acceptors (Lipinski definition) is 3. The Morgan fingerprint density at radius 1 is 1.06 bits per heavy atom. The summed E-state index contributed by atoms with van der Waals surface area (Å²) in [6, 6.07) is 15.3. The van der Waals surface area contributed by atoms with E-state index in [0.29, 0.717) is 6.04 Å². The maximum absolute atomic E-state index is 4.07. The minimum absolute atomic E-state index is 0.622. The molecule has 1 aromatic heterocycles. The molecule has 0 spiro atoms. The average Bonchev–Trinajstić information content (AvgIpc) is 2.39. The minimum Gasteiger partial charge on any atom is -0.308 e. The van der Waals surface area contributed by atoms with Crippen molar-refractivity contribution in [1.29, 1.82) is 0 Å². The Morgan fingerprint density at radius 3 is 2.61 bits per heavy atom. The number of aromatic nitrogens is 2. The van der Waals surface area contributed by atoms with Crippen LogP contribution in [-0.2, 0) is 6.54 Å². The molecule has 0 unspecified atom stereocenters. The van der Waals surface area contributed by atoms with E-state index in [0.717, 1.165) is 18.2 Å². The predicted octanol–water partition coefficient (Wildman–Crippen LogP) is 2.51. The third kappa shape index (κ3) is 2.57. The summed E-state index contributed by atoms with van der Waals surface area (Å²) >= 11 is 0. The zero-order valence-electron chi connectivity index (χ0n) is 10.3. The summed E-state index contributed by atoms with van der Waals surface area (Å²) in [6.07, 6.45) is 4.16. The van der Waals surface area contributed by atoms with Gasteiger partial charge in [-0.1, -0.05) is 30.3 Å². The summed E-state index contributed by atoms with van der Waals surface area (Å²) in [4.78, 5) is 0. The molecule has 92 valence electrons. The highest BCUT2D eigenvalue weighted by Crippen LogP contribution is 2.36. The number of nitrogens with zero attached hydrogens (tertiary/aromatic N) is 2. The summed E-state index contributed by atoms with van der Waals surface area (Å²) < 4.78 is 0. The van der Waals surface area contributed by atoms with Gasteiger partial charge >= 0.3 is 0 Å². The van der Waals surface area contributed by atoms with Crippen molar-refractivity contribution in [2.24, 2.45) is 0 Å². The first-order valence-electron chi connectivity index (χ1n) is 6.47. The van der Waals surface area contributed by atoms with Crippen LogP contribution in [0.25, 0.3) is 0 Å². The molecule has 0 radical (unpaired) electrons. The monoisotopic (exact) mass is 239 g/mol. The minimum atomic E-state index is 0.622. The van der Waals surface area contributed by atoms with E-state index in [1.165, 1.54) is 18.4 Å². The second-order valence-electron chi connectivity index (χ2n) is 4.87. The van der Waals surface area contributed by atoms with Crippen LogP contribution in [0.3, 0.4) is 0 Å². The van der Waals surface area contributed by atoms with E-state index in [9.17, 15) is 0 Å². The molecule has 1 saturated carbocycles. The molecule has 0 bridgehead atoms. The Hall–Kier alpha value is -1.74. The van der Waals surface area contributed by atoms with Crippen LogP contribution >= 0.6 is 0 Å². The quantitative estimate of drug-likeness (QED) is 0.891. The van der Waals surface area contributed by atoms with Gasteiger partial charge in [0.15, 0.2) is 0 Å². The summed E-state index contributed by atoms with van der Waals surface area (Å²) in [5.41, 5.74) is 2.48. The van der Waals surface area contributed by atoms with Crippen LogP contribution in [0.5, 0.6) is 0 Å². The van der Waals surface area contributed by atoms with Gasteiger partial charge in [0.05, 0.1) is 5.69 Å². The highest BCUT2D eigenvalue weighted by atomic mass is 15.1. The van der Waals surface area contributed by atoms with Gasteiger partial charge in [-0.15, -0.1) is 0 Å². The summed E-state index contributed by atoms with van der Waals surface area (Å²) in [5, 5.41) is 11.5. The average molecular weight is 239 g/mol. The van der Waals surface area contributed by atoms with Gasteiger partial charge in [0.25, 0.3) is 0 Å². The van der Waals surface area contributed by atoms with E-state index in [1.807, 2.05) is 12.1 Å². The Labute approximate surface area is 107 Å². The Bertz CT molecular complexity index is 475. The Morgan fingerprint density at radius 2 is 1.89 bits per heavy atom. The second kappa shape index (κ2) is 5.27. The van der Waals surface area contributed by atoms with Crippen LogP contribution < -0.4 is 5.32 Å². The topological polar surface area (TPSA) is 37.8 Å². The molecule has 0 atom stereocenters. The highest BCUT2D eigenvalue weighted by molar-refractivity contribution is 5.22. The lowest BCUT2D eigenvalue weighted by atomic mass is 9.76. The van der Waals surface area contributed by atoms with E-state index >= 15 is 0 Å². The summed E-state index contributed by atoms with van der Waals surface area (Å²) in [5.74, 6) is 0.727. The normalized spacial score (nSPS) is 22.4. The smallest absolute Gasteiger partial charge is 0.0769 e. The maximum Gasteiger partial charge on any atom is 0.0769 e. The molecule has 3 heteroatoms. The number of nitrogens with one attached hydrogen (secondary N) is 1. The fourth-order valence-corrected chi connectivity index (χ4v) is 2.46. The number of rotatable bonds is 4. The van der Waals surface area contributed by atoms with E-state index in [4.69, 9.17) is 0 Å². The lowest BCUT2D eigenvalue weighted by Crippen LogP contribution is -2.39. The Kier molecular flexibility index (Phi) is 3.33. The SMILES string of the molecule is c1ccc(C2CC(NCc3cccnn3)C2)cc1. The van der Waals surface area contributed by atoms with Crippen LogP contribution in [-0.4, -0.2) is 16.2 Å². The molecule has 1 heterocycles. The molecule has 1 N–H and O–H groups in total.